The van der Waals surface area contributed by atoms with E-state index in [4.69, 9.17) is 5.73 Å². The maximum Gasteiger partial charge on any atom is 0.221 e. The van der Waals surface area contributed by atoms with Crippen molar-refractivity contribution in [3.8, 4) is 0 Å². The van der Waals surface area contributed by atoms with Gasteiger partial charge in [-0.05, 0) is 24.7 Å². The minimum Gasteiger partial charge on any atom is -0.369 e. The van der Waals surface area contributed by atoms with Crippen LogP contribution in [0.15, 0.2) is 12.7 Å². The van der Waals surface area contributed by atoms with Gasteiger partial charge in [-0.2, -0.15) is 0 Å². The maximum absolute atomic E-state index is 12.7. The Labute approximate surface area is 124 Å². The minimum absolute atomic E-state index is 0.0204. The van der Waals surface area contributed by atoms with Crippen molar-refractivity contribution < 1.29 is 9.59 Å². The van der Waals surface area contributed by atoms with Gasteiger partial charge in [0.25, 0.3) is 0 Å². The number of allylic oxidation sites excluding steroid dienone is 1. The smallest absolute Gasteiger partial charge is 0.221 e. The van der Waals surface area contributed by atoms with E-state index >= 15 is 0 Å². The average Bonchev–Trinajstić information content (AvgIpc) is 2.23. The highest BCUT2D eigenvalue weighted by atomic mass is 16.1. The van der Waals surface area contributed by atoms with Gasteiger partial charge in [0.2, 0.25) is 5.91 Å². The topological polar surface area (TPSA) is 60.2 Å². The Hall–Kier alpha value is -1.12. The molecule has 0 rings (SSSR count). The Bertz CT molecular complexity index is 358. The zero-order valence-corrected chi connectivity index (χ0v) is 14.0. The molecule has 0 aromatic rings. The molecule has 116 valence electrons. The maximum atomic E-state index is 12.7. The molecule has 2 atom stereocenters. The van der Waals surface area contributed by atoms with Crippen molar-refractivity contribution in [2.24, 2.45) is 28.4 Å². The summed E-state index contributed by atoms with van der Waals surface area (Å²) in [5.74, 6) is -0.967. The van der Waals surface area contributed by atoms with Gasteiger partial charge in [0.15, 0.2) is 0 Å². The zero-order valence-electron chi connectivity index (χ0n) is 14.0. The highest BCUT2D eigenvalue weighted by Gasteiger charge is 2.39. The lowest BCUT2D eigenvalue weighted by Gasteiger charge is -2.33. The molecule has 1 amide bonds. The third kappa shape index (κ3) is 6.36. The van der Waals surface area contributed by atoms with Gasteiger partial charge < -0.3 is 5.73 Å². The second kappa shape index (κ2) is 7.05. The average molecular weight is 281 g/mol. The van der Waals surface area contributed by atoms with Crippen LogP contribution in [0.1, 0.15) is 60.8 Å². The largest absolute Gasteiger partial charge is 0.369 e. The van der Waals surface area contributed by atoms with Crippen LogP contribution in [0.25, 0.3) is 0 Å². The fourth-order valence-corrected chi connectivity index (χ4v) is 2.47. The number of carbonyl (C=O) groups is 2. The van der Waals surface area contributed by atoms with E-state index in [1.54, 1.807) is 6.08 Å². The number of carbonyl (C=O) groups excluding carboxylic acids is 2. The number of hydrogen-bond donors (Lipinski definition) is 1. The Morgan fingerprint density at radius 3 is 1.90 bits per heavy atom. The van der Waals surface area contributed by atoms with Crippen molar-refractivity contribution in [2.75, 3.05) is 0 Å². The van der Waals surface area contributed by atoms with E-state index in [0.29, 0.717) is 19.3 Å². The summed E-state index contributed by atoms with van der Waals surface area (Å²) < 4.78 is 0. The standard InChI is InChI=1S/C17H31NO2/c1-8-9-10-12(15(18)20)13(11-16(2,3)4)14(19)17(5,6)7/h8,12-13H,1,9-11H2,2-7H3,(H2,18,20)/t12-,13+/m0/s1. The number of hydrogen-bond acceptors (Lipinski definition) is 2. The van der Waals surface area contributed by atoms with Crippen molar-refractivity contribution in [3.63, 3.8) is 0 Å². The van der Waals surface area contributed by atoms with Crippen LogP contribution >= 0.6 is 0 Å². The fraction of sp³-hybridized carbons (Fsp3) is 0.765. The van der Waals surface area contributed by atoms with E-state index in [-0.39, 0.29) is 23.0 Å². The first-order valence-corrected chi connectivity index (χ1v) is 7.34. The van der Waals surface area contributed by atoms with Gasteiger partial charge in [-0.3, -0.25) is 9.59 Å². The molecule has 0 radical (unpaired) electrons. The van der Waals surface area contributed by atoms with E-state index in [1.165, 1.54) is 0 Å². The highest BCUT2D eigenvalue weighted by Crippen LogP contribution is 2.36. The number of nitrogens with two attached hydrogens (primary N) is 1. The van der Waals surface area contributed by atoms with Crippen molar-refractivity contribution >= 4 is 11.7 Å². The summed E-state index contributed by atoms with van der Waals surface area (Å²) in [7, 11) is 0. The van der Waals surface area contributed by atoms with E-state index in [9.17, 15) is 9.59 Å². The molecule has 0 spiro atoms. The van der Waals surface area contributed by atoms with Crippen molar-refractivity contribution in [1.82, 2.24) is 0 Å². The SMILES string of the molecule is C=CCC[C@H](C(N)=O)[C@@H](CC(C)(C)C)C(=O)C(C)(C)C. The van der Waals surface area contributed by atoms with E-state index in [0.717, 1.165) is 0 Å². The Morgan fingerprint density at radius 1 is 1.10 bits per heavy atom. The summed E-state index contributed by atoms with van der Waals surface area (Å²) in [5, 5.41) is 0. The molecule has 3 heteroatoms. The molecule has 3 nitrogen and oxygen atoms in total. The Kier molecular flexibility index (Phi) is 6.66. The molecule has 0 aromatic carbocycles. The van der Waals surface area contributed by atoms with Crippen LogP contribution in [0, 0.1) is 22.7 Å². The number of primary amides is 1. The molecule has 0 unspecified atom stereocenters. The van der Waals surface area contributed by atoms with Crippen LogP contribution in [0.4, 0.5) is 0 Å². The van der Waals surface area contributed by atoms with Crippen LogP contribution in [0.5, 0.6) is 0 Å². The van der Waals surface area contributed by atoms with E-state index in [1.807, 2.05) is 20.8 Å². The molecule has 0 heterocycles. The minimum atomic E-state index is -0.461. The Morgan fingerprint density at radius 2 is 1.60 bits per heavy atom. The third-order valence-electron chi connectivity index (χ3n) is 3.44. The molecular weight excluding hydrogens is 250 g/mol. The first kappa shape index (κ1) is 18.9. The van der Waals surface area contributed by atoms with Gasteiger partial charge in [-0.1, -0.05) is 47.6 Å². The van der Waals surface area contributed by atoms with Crippen LogP contribution in [-0.2, 0) is 9.59 Å². The molecule has 0 fully saturated rings. The molecule has 0 bridgehead atoms. The molecule has 0 aliphatic heterocycles. The van der Waals surface area contributed by atoms with Gasteiger partial charge in [0, 0.05) is 17.3 Å². The molecule has 0 aromatic heterocycles. The number of Topliss-reactive ketones (excluding diaryl/α,β-unsaturated/α-hetero) is 1. The number of amides is 1. The first-order valence-electron chi connectivity index (χ1n) is 7.34. The quantitative estimate of drug-likeness (QED) is 0.723. The van der Waals surface area contributed by atoms with Crippen molar-refractivity contribution in [3.05, 3.63) is 12.7 Å². The summed E-state index contributed by atoms with van der Waals surface area (Å²) in [5.41, 5.74) is 5.07. The van der Waals surface area contributed by atoms with Crippen LogP contribution < -0.4 is 5.73 Å². The van der Waals surface area contributed by atoms with Crippen LogP contribution in [0.3, 0.4) is 0 Å². The van der Waals surface area contributed by atoms with E-state index in [2.05, 4.69) is 27.4 Å². The number of ketones is 1. The van der Waals surface area contributed by atoms with E-state index < -0.39 is 11.3 Å². The molecule has 0 saturated heterocycles. The fourth-order valence-electron chi connectivity index (χ4n) is 2.47. The van der Waals surface area contributed by atoms with Gasteiger partial charge in [0.1, 0.15) is 5.78 Å². The molecule has 2 N–H and O–H groups in total. The normalized spacial score (nSPS) is 15.5. The third-order valence-corrected chi connectivity index (χ3v) is 3.44. The molecule has 0 saturated carbocycles. The predicted molar refractivity (Wildman–Crippen MR) is 84.1 cm³/mol. The van der Waals surface area contributed by atoms with Crippen LogP contribution in [0.2, 0.25) is 0 Å². The second-order valence-corrected chi connectivity index (χ2v) is 7.86. The van der Waals surface area contributed by atoms with Gasteiger partial charge in [-0.25, -0.2) is 0 Å². The molecule has 0 aliphatic carbocycles. The monoisotopic (exact) mass is 281 g/mol. The lowest BCUT2D eigenvalue weighted by molar-refractivity contribution is -0.138. The molecular formula is C17H31NO2. The van der Waals surface area contributed by atoms with Crippen molar-refractivity contribution in [2.45, 2.75) is 60.8 Å². The second-order valence-electron chi connectivity index (χ2n) is 7.86. The van der Waals surface area contributed by atoms with Crippen molar-refractivity contribution in [1.29, 1.82) is 0 Å². The van der Waals surface area contributed by atoms with Crippen LogP contribution in [-0.4, -0.2) is 11.7 Å². The van der Waals surface area contributed by atoms with Gasteiger partial charge >= 0.3 is 0 Å². The lowest BCUT2D eigenvalue weighted by Crippen LogP contribution is -2.41. The lowest BCUT2D eigenvalue weighted by atomic mass is 9.69. The summed E-state index contributed by atoms with van der Waals surface area (Å²) in [6.45, 7) is 15.6. The summed E-state index contributed by atoms with van der Waals surface area (Å²) in [6, 6.07) is 0. The first-order chi connectivity index (χ1) is 8.90. The van der Waals surface area contributed by atoms with Gasteiger partial charge in [0.05, 0.1) is 0 Å². The summed E-state index contributed by atoms with van der Waals surface area (Å²) in [4.78, 5) is 24.5. The predicted octanol–water partition coefficient (Wildman–Crippen LogP) is 3.72. The summed E-state index contributed by atoms with van der Waals surface area (Å²) >= 11 is 0. The van der Waals surface area contributed by atoms with Gasteiger partial charge in [-0.15, -0.1) is 6.58 Å². The number of rotatable bonds is 7. The Balaban J connectivity index is 5.40. The highest BCUT2D eigenvalue weighted by molar-refractivity contribution is 5.91. The molecule has 0 aliphatic rings. The zero-order chi connectivity index (χ0) is 16.1. The summed E-state index contributed by atoms with van der Waals surface area (Å²) in [6.07, 6.45) is 3.74. The molecule has 20 heavy (non-hydrogen) atoms.